The zero-order valence-electron chi connectivity index (χ0n) is 27.8. The molecule has 1 atom stereocenters. The van der Waals surface area contributed by atoms with E-state index in [4.69, 9.17) is 27.9 Å². The van der Waals surface area contributed by atoms with Crippen LogP contribution in [-0.2, 0) is 6.42 Å². The smallest absolute Gasteiger partial charge is 0.352 e. The highest BCUT2D eigenvalue weighted by atomic mass is 35.5. The number of hydrogen-bond donors (Lipinski definition) is 2. The highest BCUT2D eigenvalue weighted by Gasteiger charge is 2.37. The zero-order chi connectivity index (χ0) is 34.7. The van der Waals surface area contributed by atoms with E-state index < -0.39 is 5.97 Å². The molecule has 0 bridgehead atoms. The van der Waals surface area contributed by atoms with Crippen molar-refractivity contribution in [3.05, 3.63) is 104 Å². The van der Waals surface area contributed by atoms with E-state index in [-0.39, 0.29) is 17.6 Å². The number of para-hydroxylation sites is 1. The average molecular weight is 697 g/mol. The number of halogens is 2. The lowest BCUT2D eigenvalue weighted by Crippen LogP contribution is -2.42. The van der Waals surface area contributed by atoms with Gasteiger partial charge in [-0.1, -0.05) is 41.4 Å². The summed E-state index contributed by atoms with van der Waals surface area (Å²) in [5, 5.41) is 12.6. The first-order valence-corrected chi connectivity index (χ1v) is 16.9. The third-order valence-corrected chi connectivity index (χ3v) is 10.3. The first-order chi connectivity index (χ1) is 23.5. The molecule has 2 N–H and O–H groups in total. The molecule has 3 aromatic heterocycles. The minimum atomic E-state index is -1.06. The number of carbonyl (C=O) groups excluding carboxylic acids is 1. The SMILES string of the molecule is Cc1cc(OCCCc2c3n(c4c(-c5c(C)ncnc5C)c(Cl)ccc24)C(C)CN(c2cccc4cc(C(=O)O)[nH]c24)C3=O)cc(C)c1Cl. The topological polar surface area (TPSA) is 113 Å². The number of H-pyrrole nitrogens is 1. The number of benzene rings is 3. The Kier molecular flexibility index (Phi) is 8.37. The summed E-state index contributed by atoms with van der Waals surface area (Å²) >= 11 is 13.4. The molecule has 1 aliphatic rings. The van der Waals surface area contributed by atoms with Crippen molar-refractivity contribution < 1.29 is 19.4 Å². The predicted molar refractivity (Wildman–Crippen MR) is 194 cm³/mol. The number of aromatic nitrogens is 4. The highest BCUT2D eigenvalue weighted by molar-refractivity contribution is 6.35. The number of carbonyl (C=O) groups is 2. The van der Waals surface area contributed by atoms with E-state index in [2.05, 4.69) is 26.4 Å². The molecule has 1 unspecified atom stereocenters. The Bertz CT molecular complexity index is 2280. The minimum Gasteiger partial charge on any atom is -0.494 e. The van der Waals surface area contributed by atoms with Crippen molar-refractivity contribution in [2.24, 2.45) is 0 Å². The molecule has 4 heterocycles. The van der Waals surface area contributed by atoms with Crippen LogP contribution >= 0.6 is 23.2 Å². The van der Waals surface area contributed by atoms with Crippen molar-refractivity contribution in [3.63, 3.8) is 0 Å². The predicted octanol–water partition coefficient (Wildman–Crippen LogP) is 9.05. The highest BCUT2D eigenvalue weighted by Crippen LogP contribution is 2.45. The van der Waals surface area contributed by atoms with E-state index in [1.807, 2.05) is 70.2 Å². The van der Waals surface area contributed by atoms with Gasteiger partial charge < -0.3 is 24.3 Å². The Labute approximate surface area is 293 Å². The number of rotatable bonds is 8. The van der Waals surface area contributed by atoms with Crippen LogP contribution in [-0.4, -0.2) is 49.7 Å². The van der Waals surface area contributed by atoms with Crippen molar-refractivity contribution in [1.29, 1.82) is 0 Å². The van der Waals surface area contributed by atoms with Gasteiger partial charge in [0, 0.05) is 50.9 Å². The molecule has 49 heavy (non-hydrogen) atoms. The Balaban J connectivity index is 1.37. The number of ether oxygens (including phenoxy) is 1. The van der Waals surface area contributed by atoms with Gasteiger partial charge in [-0.15, -0.1) is 0 Å². The third kappa shape index (κ3) is 5.51. The van der Waals surface area contributed by atoms with Crippen molar-refractivity contribution in [1.82, 2.24) is 19.5 Å². The van der Waals surface area contributed by atoms with Gasteiger partial charge in [0.15, 0.2) is 0 Å². The quantitative estimate of drug-likeness (QED) is 0.154. The number of carboxylic acids is 1. The van der Waals surface area contributed by atoms with Crippen LogP contribution in [0.15, 0.2) is 54.9 Å². The maximum absolute atomic E-state index is 14.8. The standard InChI is InChI=1S/C38H35Cl2N5O4/c1-19-14-25(15-20(2)33(19)40)49-13-7-9-26-27-11-12-28(39)32(31-22(4)41-18-42-23(31)5)35(27)45-21(3)17-44(37(46)36(26)45)30-10-6-8-24-16-29(38(47)48)43-34(24)30/h6,8,10-12,14-16,18,21,43H,7,9,13,17H2,1-5H3,(H,47,48). The van der Waals surface area contributed by atoms with Gasteiger partial charge in [0.1, 0.15) is 23.5 Å². The number of aromatic carboxylic acids is 1. The second-order valence-corrected chi connectivity index (χ2v) is 13.5. The minimum absolute atomic E-state index is 0.0657. The number of hydrogen-bond acceptors (Lipinski definition) is 5. The summed E-state index contributed by atoms with van der Waals surface area (Å²) in [6.45, 7) is 10.7. The fraction of sp³-hybridized carbons (Fsp3) is 0.263. The largest absolute Gasteiger partial charge is 0.494 e. The van der Waals surface area contributed by atoms with E-state index in [1.165, 1.54) is 0 Å². The molecule has 0 fully saturated rings. The van der Waals surface area contributed by atoms with Crippen molar-refractivity contribution in [2.45, 2.75) is 53.5 Å². The number of nitrogens with zero attached hydrogens (tertiary/aromatic N) is 4. The van der Waals surface area contributed by atoms with Gasteiger partial charge >= 0.3 is 5.97 Å². The van der Waals surface area contributed by atoms with Crippen LogP contribution in [0.2, 0.25) is 10.0 Å². The van der Waals surface area contributed by atoms with Crippen molar-refractivity contribution >= 4 is 62.6 Å². The number of fused-ring (bicyclic) bond motifs is 4. The molecular weight excluding hydrogens is 661 g/mol. The Morgan fingerprint density at radius 2 is 1.73 bits per heavy atom. The number of carboxylic acid groups (broad SMARTS) is 1. The van der Waals surface area contributed by atoms with E-state index in [0.29, 0.717) is 47.9 Å². The first kappa shape index (κ1) is 32.7. The normalized spacial score (nSPS) is 14.6. The molecule has 11 heteroatoms. The van der Waals surface area contributed by atoms with Gasteiger partial charge in [-0.2, -0.15) is 0 Å². The fourth-order valence-electron chi connectivity index (χ4n) is 7.24. The van der Waals surface area contributed by atoms with Crippen LogP contribution < -0.4 is 9.64 Å². The van der Waals surface area contributed by atoms with Crippen LogP contribution in [0.4, 0.5) is 5.69 Å². The van der Waals surface area contributed by atoms with E-state index >= 15 is 0 Å². The summed E-state index contributed by atoms with van der Waals surface area (Å²) in [4.78, 5) is 40.4. The summed E-state index contributed by atoms with van der Waals surface area (Å²) < 4.78 is 8.30. The maximum Gasteiger partial charge on any atom is 0.352 e. The molecule has 1 amide bonds. The van der Waals surface area contributed by atoms with Gasteiger partial charge in [-0.3, -0.25) is 4.79 Å². The number of nitrogens with one attached hydrogen (secondary N) is 1. The molecular formula is C38H35Cl2N5O4. The number of aryl methyl sites for hydroxylation is 5. The second kappa shape index (κ2) is 12.5. The lowest BCUT2D eigenvalue weighted by atomic mass is 9.97. The number of anilines is 1. The monoisotopic (exact) mass is 695 g/mol. The van der Waals surface area contributed by atoms with Crippen molar-refractivity contribution in [2.75, 3.05) is 18.1 Å². The zero-order valence-corrected chi connectivity index (χ0v) is 29.3. The molecule has 7 rings (SSSR count). The maximum atomic E-state index is 14.8. The van der Waals surface area contributed by atoms with E-state index in [1.54, 1.807) is 17.3 Å². The average Bonchev–Trinajstić information content (AvgIpc) is 3.65. The molecule has 0 radical (unpaired) electrons. The molecule has 0 saturated heterocycles. The van der Waals surface area contributed by atoms with Crippen LogP contribution in [0.3, 0.4) is 0 Å². The van der Waals surface area contributed by atoms with Gasteiger partial charge in [0.05, 0.1) is 28.4 Å². The lowest BCUT2D eigenvalue weighted by Gasteiger charge is -2.34. The fourth-order valence-corrected chi connectivity index (χ4v) is 7.59. The molecule has 0 saturated carbocycles. The number of aromatic amines is 1. The Morgan fingerprint density at radius 3 is 2.43 bits per heavy atom. The number of amides is 1. The molecule has 250 valence electrons. The first-order valence-electron chi connectivity index (χ1n) is 16.2. The van der Waals surface area contributed by atoms with Gasteiger partial charge in [0.2, 0.25) is 0 Å². The van der Waals surface area contributed by atoms with Gasteiger partial charge in [-0.05, 0) is 94.5 Å². The molecule has 3 aromatic carbocycles. The van der Waals surface area contributed by atoms with Gasteiger partial charge in [-0.25, -0.2) is 14.8 Å². The van der Waals surface area contributed by atoms with Crippen LogP contribution in [0.5, 0.6) is 5.75 Å². The molecule has 1 aliphatic heterocycles. The summed E-state index contributed by atoms with van der Waals surface area (Å²) in [5.41, 5.74) is 8.79. The Morgan fingerprint density at radius 1 is 1.02 bits per heavy atom. The van der Waals surface area contributed by atoms with Crippen LogP contribution in [0, 0.1) is 27.7 Å². The molecule has 6 aromatic rings. The summed E-state index contributed by atoms with van der Waals surface area (Å²) in [6.07, 6.45) is 2.76. The third-order valence-electron chi connectivity index (χ3n) is 9.44. The van der Waals surface area contributed by atoms with E-state index in [0.717, 1.165) is 66.3 Å². The molecule has 0 aliphatic carbocycles. The summed E-state index contributed by atoms with van der Waals surface area (Å²) in [7, 11) is 0. The van der Waals surface area contributed by atoms with Crippen LogP contribution in [0.1, 0.15) is 68.4 Å². The second-order valence-electron chi connectivity index (χ2n) is 12.8. The summed E-state index contributed by atoms with van der Waals surface area (Å²) in [6, 6.07) is 14.7. The van der Waals surface area contributed by atoms with Gasteiger partial charge in [0.25, 0.3) is 5.91 Å². The molecule has 0 spiro atoms. The van der Waals surface area contributed by atoms with Crippen LogP contribution in [0.25, 0.3) is 32.9 Å². The lowest BCUT2D eigenvalue weighted by molar-refractivity contribution is 0.0691. The van der Waals surface area contributed by atoms with Crippen molar-refractivity contribution in [3.8, 4) is 16.9 Å². The Hall–Kier alpha value is -4.86. The van der Waals surface area contributed by atoms with E-state index in [9.17, 15) is 14.7 Å². The summed E-state index contributed by atoms with van der Waals surface area (Å²) in [5.74, 6) is -0.482. The molecule has 9 nitrogen and oxygen atoms in total.